The number of nitro groups is 1. The zero-order valence-corrected chi connectivity index (χ0v) is 10.3. The maximum Gasteiger partial charge on any atom is 0.277 e. The highest BCUT2D eigenvalue weighted by atomic mass is 16.6. The summed E-state index contributed by atoms with van der Waals surface area (Å²) in [6.45, 7) is 1.78. The average Bonchev–Trinajstić information content (AvgIpc) is 2.91. The normalized spacial score (nSPS) is 18.6. The molecule has 1 saturated heterocycles. The van der Waals surface area contributed by atoms with Gasteiger partial charge in [-0.05, 0) is 25.1 Å². The van der Waals surface area contributed by atoms with E-state index in [0.29, 0.717) is 5.39 Å². The van der Waals surface area contributed by atoms with Crippen LogP contribution in [0.1, 0.15) is 6.42 Å². The fraction of sp³-hybridized carbons (Fsp3) is 0.286. The van der Waals surface area contributed by atoms with Gasteiger partial charge in [-0.2, -0.15) is 0 Å². The Morgan fingerprint density at radius 3 is 2.68 bits per heavy atom. The van der Waals surface area contributed by atoms with Gasteiger partial charge in [0.2, 0.25) is 0 Å². The van der Waals surface area contributed by atoms with Crippen molar-refractivity contribution in [1.29, 1.82) is 0 Å². The minimum atomic E-state index is -0.358. The monoisotopic (exact) mass is 258 g/mol. The number of rotatable bonds is 3. The molecule has 0 bridgehead atoms. The van der Waals surface area contributed by atoms with Crippen molar-refractivity contribution < 1.29 is 9.66 Å². The zero-order chi connectivity index (χ0) is 13.2. The van der Waals surface area contributed by atoms with Crippen molar-refractivity contribution in [3.63, 3.8) is 0 Å². The molecule has 0 amide bonds. The molecule has 2 aromatic carbocycles. The molecule has 0 saturated carbocycles. The molecule has 19 heavy (non-hydrogen) atoms. The molecule has 98 valence electrons. The summed E-state index contributed by atoms with van der Waals surface area (Å²) in [5.41, 5.74) is 0.118. The third-order valence-corrected chi connectivity index (χ3v) is 3.37. The maximum atomic E-state index is 11.0. The van der Waals surface area contributed by atoms with E-state index in [4.69, 9.17) is 4.74 Å². The molecule has 1 heterocycles. The molecule has 1 atom stereocenters. The molecule has 0 spiro atoms. The number of non-ortho nitro benzene ring substituents is 1. The summed E-state index contributed by atoms with van der Waals surface area (Å²) in [5.74, 6) is 0.718. The lowest BCUT2D eigenvalue weighted by Gasteiger charge is -2.14. The molecule has 3 rings (SSSR count). The molecule has 1 fully saturated rings. The summed E-state index contributed by atoms with van der Waals surface area (Å²) in [7, 11) is 0. The van der Waals surface area contributed by atoms with Crippen LogP contribution in [-0.2, 0) is 0 Å². The molecular formula is C14H14N2O3. The Morgan fingerprint density at radius 1 is 1.21 bits per heavy atom. The van der Waals surface area contributed by atoms with Crippen LogP contribution in [0.25, 0.3) is 10.8 Å². The van der Waals surface area contributed by atoms with E-state index in [1.807, 2.05) is 12.1 Å². The fourth-order valence-corrected chi connectivity index (χ4v) is 2.43. The van der Waals surface area contributed by atoms with Gasteiger partial charge < -0.3 is 10.1 Å². The lowest BCUT2D eigenvalue weighted by atomic mass is 10.1. The predicted molar refractivity (Wildman–Crippen MR) is 72.5 cm³/mol. The SMILES string of the molecule is O=[N+]([O-])c1ccc(O[C@H]2CCNC2)c2ccccc12. The predicted octanol–water partition coefficient (Wildman–Crippen LogP) is 2.49. The van der Waals surface area contributed by atoms with E-state index in [1.54, 1.807) is 18.2 Å². The Kier molecular flexibility index (Phi) is 3.05. The molecule has 1 aliphatic heterocycles. The van der Waals surface area contributed by atoms with Gasteiger partial charge >= 0.3 is 0 Å². The Balaban J connectivity index is 2.05. The first-order valence-corrected chi connectivity index (χ1v) is 6.29. The molecule has 0 aromatic heterocycles. The first-order chi connectivity index (χ1) is 9.25. The molecule has 5 heteroatoms. The topological polar surface area (TPSA) is 64.4 Å². The van der Waals surface area contributed by atoms with Gasteiger partial charge in [0.25, 0.3) is 5.69 Å². The van der Waals surface area contributed by atoms with Crippen molar-refractivity contribution in [3.8, 4) is 5.75 Å². The third-order valence-electron chi connectivity index (χ3n) is 3.37. The van der Waals surface area contributed by atoms with E-state index in [0.717, 1.165) is 30.6 Å². The average molecular weight is 258 g/mol. The van der Waals surface area contributed by atoms with E-state index >= 15 is 0 Å². The Morgan fingerprint density at radius 2 is 2.00 bits per heavy atom. The highest BCUT2D eigenvalue weighted by Gasteiger charge is 2.19. The van der Waals surface area contributed by atoms with Gasteiger partial charge in [0.05, 0.1) is 10.3 Å². The quantitative estimate of drug-likeness (QED) is 0.678. The van der Waals surface area contributed by atoms with Crippen LogP contribution >= 0.6 is 0 Å². The Bertz CT molecular complexity index is 621. The van der Waals surface area contributed by atoms with E-state index in [9.17, 15) is 10.1 Å². The molecule has 0 aliphatic carbocycles. The van der Waals surface area contributed by atoms with Crippen molar-refractivity contribution in [2.24, 2.45) is 0 Å². The minimum Gasteiger partial charge on any atom is -0.488 e. The first kappa shape index (κ1) is 11.9. The van der Waals surface area contributed by atoms with Gasteiger partial charge in [0, 0.05) is 18.0 Å². The van der Waals surface area contributed by atoms with Crippen molar-refractivity contribution >= 4 is 16.5 Å². The first-order valence-electron chi connectivity index (χ1n) is 6.29. The standard InChI is InChI=1S/C14H14N2O3/c17-16(18)13-5-6-14(19-10-7-8-15-9-10)12-4-2-1-3-11(12)13/h1-6,10,15H,7-9H2/t10-/m0/s1. The van der Waals surface area contributed by atoms with Crippen molar-refractivity contribution in [2.45, 2.75) is 12.5 Å². The zero-order valence-electron chi connectivity index (χ0n) is 10.3. The van der Waals surface area contributed by atoms with Crippen molar-refractivity contribution in [3.05, 3.63) is 46.5 Å². The van der Waals surface area contributed by atoms with Gasteiger partial charge in [0.1, 0.15) is 11.9 Å². The van der Waals surface area contributed by atoms with Crippen LogP contribution in [0.5, 0.6) is 5.75 Å². The van der Waals surface area contributed by atoms with Gasteiger partial charge in [-0.25, -0.2) is 0 Å². The molecular weight excluding hydrogens is 244 g/mol. The van der Waals surface area contributed by atoms with E-state index in [1.165, 1.54) is 6.07 Å². The molecule has 0 unspecified atom stereocenters. The lowest BCUT2D eigenvalue weighted by molar-refractivity contribution is -0.383. The maximum absolute atomic E-state index is 11.0. The minimum absolute atomic E-state index is 0.118. The lowest BCUT2D eigenvalue weighted by Crippen LogP contribution is -2.19. The highest BCUT2D eigenvalue weighted by Crippen LogP contribution is 2.33. The van der Waals surface area contributed by atoms with Crippen LogP contribution in [0.4, 0.5) is 5.69 Å². The second-order valence-corrected chi connectivity index (χ2v) is 4.62. The van der Waals surface area contributed by atoms with E-state index in [2.05, 4.69) is 5.32 Å². The van der Waals surface area contributed by atoms with Gasteiger partial charge in [-0.3, -0.25) is 10.1 Å². The van der Waals surface area contributed by atoms with Gasteiger partial charge in [-0.1, -0.05) is 18.2 Å². The van der Waals surface area contributed by atoms with Crippen LogP contribution in [-0.4, -0.2) is 24.1 Å². The van der Waals surface area contributed by atoms with E-state index in [-0.39, 0.29) is 16.7 Å². The Hall–Kier alpha value is -2.14. The Labute approximate surface area is 110 Å². The third kappa shape index (κ3) is 2.24. The number of nitrogens with zero attached hydrogens (tertiary/aromatic N) is 1. The molecule has 2 aromatic rings. The molecule has 1 aliphatic rings. The number of fused-ring (bicyclic) bond motifs is 1. The van der Waals surface area contributed by atoms with Gasteiger partial charge in [-0.15, -0.1) is 0 Å². The van der Waals surface area contributed by atoms with Gasteiger partial charge in [0.15, 0.2) is 0 Å². The number of nitrogens with one attached hydrogen (secondary N) is 1. The smallest absolute Gasteiger partial charge is 0.277 e. The summed E-state index contributed by atoms with van der Waals surface area (Å²) in [5, 5.41) is 15.7. The highest BCUT2D eigenvalue weighted by molar-refractivity contribution is 5.95. The second-order valence-electron chi connectivity index (χ2n) is 4.62. The summed E-state index contributed by atoms with van der Waals surface area (Å²) in [6.07, 6.45) is 1.11. The molecule has 5 nitrogen and oxygen atoms in total. The number of ether oxygens (including phenoxy) is 1. The van der Waals surface area contributed by atoms with Crippen LogP contribution in [0.15, 0.2) is 36.4 Å². The second kappa shape index (κ2) is 4.85. The van der Waals surface area contributed by atoms with Crippen LogP contribution in [0.2, 0.25) is 0 Å². The van der Waals surface area contributed by atoms with Crippen molar-refractivity contribution in [1.82, 2.24) is 5.32 Å². The molecule has 1 N–H and O–H groups in total. The number of benzene rings is 2. The summed E-state index contributed by atoms with van der Waals surface area (Å²) in [4.78, 5) is 10.7. The van der Waals surface area contributed by atoms with E-state index < -0.39 is 0 Å². The van der Waals surface area contributed by atoms with Crippen LogP contribution < -0.4 is 10.1 Å². The summed E-state index contributed by atoms with van der Waals surface area (Å²) < 4.78 is 5.94. The fourth-order valence-electron chi connectivity index (χ4n) is 2.43. The van der Waals surface area contributed by atoms with Crippen LogP contribution in [0, 0.1) is 10.1 Å². The van der Waals surface area contributed by atoms with Crippen molar-refractivity contribution in [2.75, 3.05) is 13.1 Å². The summed E-state index contributed by atoms with van der Waals surface area (Å²) in [6, 6.07) is 10.5. The molecule has 0 radical (unpaired) electrons. The number of hydrogen-bond donors (Lipinski definition) is 1. The van der Waals surface area contributed by atoms with Crippen LogP contribution in [0.3, 0.4) is 0 Å². The number of hydrogen-bond acceptors (Lipinski definition) is 4. The number of nitro benzene ring substituents is 1. The summed E-state index contributed by atoms with van der Waals surface area (Å²) >= 11 is 0. The largest absolute Gasteiger partial charge is 0.488 e.